The number of unbranched alkanes of at least 4 members (excludes halogenated alkanes) is 9. The average Bonchev–Trinajstić information content (AvgIpc) is 2.60. The molecule has 3 heteroatoms. The second-order valence-electron chi connectivity index (χ2n) is 7.25. The van der Waals surface area contributed by atoms with Crippen LogP contribution in [0.2, 0.25) is 0 Å². The summed E-state index contributed by atoms with van der Waals surface area (Å²) in [6.45, 7) is 3.96. The van der Waals surface area contributed by atoms with Gasteiger partial charge in [0, 0.05) is 6.54 Å². The second kappa shape index (κ2) is 14.0. The summed E-state index contributed by atoms with van der Waals surface area (Å²) >= 11 is 0. The monoisotopic (exact) mass is 349 g/mol. The van der Waals surface area contributed by atoms with Crippen LogP contribution in [0.15, 0.2) is 18.2 Å². The molecule has 1 rings (SSSR count). The van der Waals surface area contributed by atoms with Crippen LogP contribution < -0.4 is 9.47 Å². The lowest BCUT2D eigenvalue weighted by Crippen LogP contribution is -2.10. The molecule has 0 N–H and O–H groups in total. The number of methoxy groups -OCH3 is 1. The van der Waals surface area contributed by atoms with E-state index in [1.807, 2.05) is 6.07 Å². The Bertz CT molecular complexity index is 446. The summed E-state index contributed by atoms with van der Waals surface area (Å²) in [6.07, 6.45) is 13.5. The predicted molar refractivity (Wildman–Crippen MR) is 108 cm³/mol. The van der Waals surface area contributed by atoms with Gasteiger partial charge in [0.15, 0.2) is 11.5 Å². The Labute approximate surface area is 155 Å². The van der Waals surface area contributed by atoms with Crippen LogP contribution in [0.3, 0.4) is 0 Å². The smallest absolute Gasteiger partial charge is 0.161 e. The summed E-state index contributed by atoms with van der Waals surface area (Å²) in [5, 5.41) is 0. The number of hydrogen-bond donors (Lipinski definition) is 0. The fourth-order valence-electron chi connectivity index (χ4n) is 3.07. The molecule has 0 atom stereocenters. The number of ether oxygens (including phenoxy) is 2. The summed E-state index contributed by atoms with van der Waals surface area (Å²) in [5.74, 6) is 1.70. The molecule has 0 aliphatic rings. The van der Waals surface area contributed by atoms with Crippen LogP contribution in [-0.2, 0) is 6.54 Å². The minimum absolute atomic E-state index is 0.778. The molecular formula is C22H39NO2. The molecule has 0 aromatic heterocycles. The van der Waals surface area contributed by atoms with Crippen LogP contribution >= 0.6 is 0 Å². The molecule has 0 saturated carbocycles. The first-order valence-electron chi connectivity index (χ1n) is 10.1. The molecule has 144 valence electrons. The third-order valence-electron chi connectivity index (χ3n) is 4.48. The lowest BCUT2D eigenvalue weighted by Gasteiger charge is -2.14. The van der Waals surface area contributed by atoms with E-state index in [0.29, 0.717) is 0 Å². The predicted octanol–water partition coefficient (Wildman–Crippen LogP) is 6.06. The average molecular weight is 350 g/mol. The molecule has 0 amide bonds. The zero-order valence-electron chi connectivity index (χ0n) is 17.0. The van der Waals surface area contributed by atoms with Crippen LogP contribution in [0.5, 0.6) is 11.5 Å². The van der Waals surface area contributed by atoms with E-state index in [1.54, 1.807) is 7.11 Å². The molecule has 25 heavy (non-hydrogen) atoms. The number of rotatable bonds is 15. The highest BCUT2D eigenvalue weighted by molar-refractivity contribution is 5.42. The molecule has 0 saturated heterocycles. The van der Waals surface area contributed by atoms with Gasteiger partial charge in [-0.1, -0.05) is 70.8 Å². The molecule has 0 heterocycles. The van der Waals surface area contributed by atoms with Crippen molar-refractivity contribution < 1.29 is 9.47 Å². The van der Waals surface area contributed by atoms with Gasteiger partial charge in [-0.2, -0.15) is 0 Å². The Morgan fingerprint density at radius 1 is 0.800 bits per heavy atom. The maximum atomic E-state index is 5.92. The normalized spacial score (nSPS) is 11.1. The Balaban J connectivity index is 2.13. The van der Waals surface area contributed by atoms with Gasteiger partial charge in [-0.3, -0.25) is 0 Å². The summed E-state index contributed by atoms with van der Waals surface area (Å²) in [7, 11) is 5.85. The van der Waals surface area contributed by atoms with Crippen molar-refractivity contribution in [1.29, 1.82) is 0 Å². The molecule has 0 aliphatic heterocycles. The highest BCUT2D eigenvalue weighted by Gasteiger charge is 2.06. The number of nitrogens with zero attached hydrogens (tertiary/aromatic N) is 1. The quantitative estimate of drug-likeness (QED) is 0.359. The SMILES string of the molecule is CCCCCCCCCCCCOc1ccc(CN(C)C)cc1OC. The van der Waals surface area contributed by atoms with Crippen molar-refractivity contribution in [3.63, 3.8) is 0 Å². The highest BCUT2D eigenvalue weighted by Crippen LogP contribution is 2.28. The lowest BCUT2D eigenvalue weighted by molar-refractivity contribution is 0.284. The lowest BCUT2D eigenvalue weighted by atomic mass is 10.1. The van der Waals surface area contributed by atoms with Gasteiger partial charge in [-0.05, 0) is 38.2 Å². The maximum Gasteiger partial charge on any atom is 0.161 e. The third-order valence-corrected chi connectivity index (χ3v) is 4.48. The molecular weight excluding hydrogens is 310 g/mol. The van der Waals surface area contributed by atoms with E-state index in [1.165, 1.54) is 63.4 Å². The standard InChI is InChI=1S/C22H39NO2/c1-5-6-7-8-9-10-11-12-13-14-17-25-21-16-15-20(19-23(2)3)18-22(21)24-4/h15-16,18H,5-14,17,19H2,1-4H3. The molecule has 0 spiro atoms. The second-order valence-corrected chi connectivity index (χ2v) is 7.25. The van der Waals surface area contributed by atoms with Crippen molar-refractivity contribution in [3.05, 3.63) is 23.8 Å². The Hall–Kier alpha value is -1.22. The zero-order chi connectivity index (χ0) is 18.3. The van der Waals surface area contributed by atoms with Crippen molar-refractivity contribution in [2.75, 3.05) is 27.8 Å². The van der Waals surface area contributed by atoms with Crippen LogP contribution in [-0.4, -0.2) is 32.7 Å². The molecule has 0 aliphatic carbocycles. The van der Waals surface area contributed by atoms with Gasteiger partial charge in [0.25, 0.3) is 0 Å². The minimum Gasteiger partial charge on any atom is -0.493 e. The van der Waals surface area contributed by atoms with Gasteiger partial charge in [-0.15, -0.1) is 0 Å². The van der Waals surface area contributed by atoms with Gasteiger partial charge >= 0.3 is 0 Å². The summed E-state index contributed by atoms with van der Waals surface area (Å²) in [5.41, 5.74) is 1.24. The van der Waals surface area contributed by atoms with Crippen LogP contribution in [0.4, 0.5) is 0 Å². The van der Waals surface area contributed by atoms with E-state index in [2.05, 4.69) is 38.1 Å². The molecule has 0 unspecified atom stereocenters. The van der Waals surface area contributed by atoms with Gasteiger partial charge in [-0.25, -0.2) is 0 Å². The van der Waals surface area contributed by atoms with Crippen molar-refractivity contribution >= 4 is 0 Å². The van der Waals surface area contributed by atoms with Crippen molar-refractivity contribution in [2.45, 2.75) is 77.7 Å². The first-order valence-corrected chi connectivity index (χ1v) is 10.1. The fraction of sp³-hybridized carbons (Fsp3) is 0.727. The Morgan fingerprint density at radius 2 is 1.40 bits per heavy atom. The highest BCUT2D eigenvalue weighted by atomic mass is 16.5. The van der Waals surface area contributed by atoms with E-state index >= 15 is 0 Å². The van der Waals surface area contributed by atoms with E-state index < -0.39 is 0 Å². The molecule has 0 bridgehead atoms. The van der Waals surface area contributed by atoms with Crippen molar-refractivity contribution in [2.24, 2.45) is 0 Å². The van der Waals surface area contributed by atoms with Gasteiger partial charge < -0.3 is 14.4 Å². The molecule has 0 fully saturated rings. The summed E-state index contributed by atoms with van der Waals surface area (Å²) in [4.78, 5) is 2.15. The van der Waals surface area contributed by atoms with Crippen molar-refractivity contribution in [1.82, 2.24) is 4.90 Å². The summed E-state index contributed by atoms with van der Waals surface area (Å²) in [6, 6.07) is 6.23. The van der Waals surface area contributed by atoms with Gasteiger partial charge in [0.2, 0.25) is 0 Å². The maximum absolute atomic E-state index is 5.92. The zero-order valence-corrected chi connectivity index (χ0v) is 17.0. The first-order chi connectivity index (χ1) is 12.2. The number of benzene rings is 1. The third kappa shape index (κ3) is 10.4. The van der Waals surface area contributed by atoms with Crippen LogP contribution in [0, 0.1) is 0 Å². The minimum atomic E-state index is 0.778. The molecule has 3 nitrogen and oxygen atoms in total. The largest absolute Gasteiger partial charge is 0.493 e. The van der Waals surface area contributed by atoms with E-state index in [9.17, 15) is 0 Å². The van der Waals surface area contributed by atoms with Gasteiger partial charge in [0.1, 0.15) is 0 Å². The Kier molecular flexibility index (Phi) is 12.2. The Morgan fingerprint density at radius 3 is 1.96 bits per heavy atom. The topological polar surface area (TPSA) is 21.7 Å². The van der Waals surface area contributed by atoms with Crippen LogP contribution in [0.1, 0.15) is 76.7 Å². The number of hydrogen-bond acceptors (Lipinski definition) is 3. The van der Waals surface area contributed by atoms with Crippen LogP contribution in [0.25, 0.3) is 0 Å². The van der Waals surface area contributed by atoms with E-state index in [-0.39, 0.29) is 0 Å². The fourth-order valence-corrected chi connectivity index (χ4v) is 3.07. The molecule has 0 radical (unpaired) electrons. The van der Waals surface area contributed by atoms with E-state index in [4.69, 9.17) is 9.47 Å². The van der Waals surface area contributed by atoms with Crippen molar-refractivity contribution in [3.8, 4) is 11.5 Å². The molecule has 1 aromatic carbocycles. The van der Waals surface area contributed by atoms with E-state index in [0.717, 1.165) is 31.1 Å². The molecule has 1 aromatic rings. The summed E-state index contributed by atoms with van der Waals surface area (Å²) < 4.78 is 11.4. The first kappa shape index (κ1) is 21.8. The van der Waals surface area contributed by atoms with Gasteiger partial charge in [0.05, 0.1) is 13.7 Å².